The maximum Gasteiger partial charge on any atom is 0.354 e. The van der Waals surface area contributed by atoms with E-state index in [1.807, 2.05) is 0 Å². The topological polar surface area (TPSA) is 96.5 Å². The predicted octanol–water partition coefficient (Wildman–Crippen LogP) is -0.299. The summed E-state index contributed by atoms with van der Waals surface area (Å²) in [5.74, 6) is -1.59. The number of anilines is 1. The maximum atomic E-state index is 10.7. The number of pyridine rings is 1. The van der Waals surface area contributed by atoms with Crippen LogP contribution >= 0.6 is 0 Å². The van der Waals surface area contributed by atoms with Gasteiger partial charge in [0.25, 0.3) is 0 Å². The van der Waals surface area contributed by atoms with Gasteiger partial charge in [0, 0.05) is 18.9 Å². The van der Waals surface area contributed by atoms with Gasteiger partial charge in [0.1, 0.15) is 5.69 Å². The molecule has 0 atom stereocenters. The lowest BCUT2D eigenvalue weighted by Crippen LogP contribution is -2.30. The molecule has 0 unspecified atom stereocenters. The van der Waals surface area contributed by atoms with Gasteiger partial charge < -0.3 is 15.7 Å². The van der Waals surface area contributed by atoms with Crippen LogP contribution in [0.3, 0.4) is 0 Å². The molecule has 0 aliphatic rings. The lowest BCUT2D eigenvalue weighted by atomic mass is 10.3. The van der Waals surface area contributed by atoms with Crippen LogP contribution in [0.2, 0.25) is 0 Å². The molecule has 1 rings (SSSR count). The number of carbonyl (C=O) groups is 2. The number of rotatable bonds is 4. The molecule has 0 aromatic carbocycles. The summed E-state index contributed by atoms with van der Waals surface area (Å²) in [5.41, 5.74) is 5.53. The van der Waals surface area contributed by atoms with Crippen LogP contribution < -0.4 is 10.6 Å². The smallest absolute Gasteiger partial charge is 0.354 e. The zero-order chi connectivity index (χ0) is 11.4. The van der Waals surface area contributed by atoms with Crippen molar-refractivity contribution in [3.05, 3.63) is 24.0 Å². The van der Waals surface area contributed by atoms with Crippen molar-refractivity contribution < 1.29 is 14.7 Å². The summed E-state index contributed by atoms with van der Waals surface area (Å²) < 4.78 is 0. The molecule has 0 spiro atoms. The van der Waals surface area contributed by atoms with Gasteiger partial charge in [0.2, 0.25) is 5.91 Å². The Hall–Kier alpha value is -2.11. The Morgan fingerprint density at radius 1 is 1.60 bits per heavy atom. The molecule has 0 aliphatic heterocycles. The Balaban J connectivity index is 2.89. The van der Waals surface area contributed by atoms with Gasteiger partial charge in [0.05, 0.1) is 6.54 Å². The van der Waals surface area contributed by atoms with Crippen LogP contribution in [0, 0.1) is 0 Å². The molecule has 1 aromatic heterocycles. The van der Waals surface area contributed by atoms with Crippen molar-refractivity contribution in [3.8, 4) is 0 Å². The first kappa shape index (κ1) is 11.0. The van der Waals surface area contributed by atoms with Crippen LogP contribution in [0.1, 0.15) is 10.5 Å². The molecule has 0 radical (unpaired) electrons. The molecule has 0 aliphatic carbocycles. The van der Waals surface area contributed by atoms with Crippen LogP contribution in [-0.2, 0) is 4.79 Å². The second-order valence-electron chi connectivity index (χ2n) is 3.03. The van der Waals surface area contributed by atoms with E-state index in [4.69, 9.17) is 10.8 Å². The van der Waals surface area contributed by atoms with Crippen molar-refractivity contribution in [2.24, 2.45) is 5.73 Å². The van der Waals surface area contributed by atoms with Crippen LogP contribution in [0.25, 0.3) is 0 Å². The highest BCUT2D eigenvalue weighted by Crippen LogP contribution is 2.12. The molecule has 0 saturated heterocycles. The van der Waals surface area contributed by atoms with E-state index in [2.05, 4.69) is 4.98 Å². The number of carboxylic acid groups (broad SMARTS) is 1. The Morgan fingerprint density at radius 2 is 2.27 bits per heavy atom. The second kappa shape index (κ2) is 4.41. The molecule has 80 valence electrons. The fraction of sp³-hybridized carbons (Fsp3) is 0.222. The van der Waals surface area contributed by atoms with Crippen LogP contribution in [-0.4, -0.2) is 35.6 Å². The molecule has 6 heteroatoms. The number of carboxylic acids is 1. The lowest BCUT2D eigenvalue weighted by molar-refractivity contribution is -0.116. The van der Waals surface area contributed by atoms with E-state index < -0.39 is 11.9 Å². The summed E-state index contributed by atoms with van der Waals surface area (Å²) in [6.45, 7) is 0.0308. The summed E-state index contributed by atoms with van der Waals surface area (Å²) in [6.07, 6.45) is 1.37. The molecular weight excluding hydrogens is 198 g/mol. The monoisotopic (exact) mass is 209 g/mol. The predicted molar refractivity (Wildman–Crippen MR) is 53.7 cm³/mol. The van der Waals surface area contributed by atoms with Gasteiger partial charge in [0.15, 0.2) is 0 Å². The number of hydrogen-bond acceptors (Lipinski definition) is 4. The number of hydrogen-bond donors (Lipinski definition) is 2. The number of amides is 1. The fourth-order valence-electron chi connectivity index (χ4n) is 1.10. The van der Waals surface area contributed by atoms with E-state index in [0.29, 0.717) is 5.69 Å². The summed E-state index contributed by atoms with van der Waals surface area (Å²) >= 11 is 0. The quantitative estimate of drug-likeness (QED) is 0.709. The maximum absolute atomic E-state index is 10.7. The number of aromatic nitrogens is 1. The van der Waals surface area contributed by atoms with E-state index in [0.717, 1.165) is 0 Å². The molecule has 15 heavy (non-hydrogen) atoms. The first-order valence-electron chi connectivity index (χ1n) is 4.19. The third-order valence-corrected chi connectivity index (χ3v) is 1.80. The summed E-state index contributed by atoms with van der Waals surface area (Å²) in [6, 6.07) is 2.99. The summed E-state index contributed by atoms with van der Waals surface area (Å²) in [7, 11) is 1.64. The number of nitrogens with two attached hydrogens (primary N) is 1. The lowest BCUT2D eigenvalue weighted by Gasteiger charge is -2.16. The minimum atomic E-state index is -1.11. The molecule has 0 fully saturated rings. The molecule has 1 amide bonds. The largest absolute Gasteiger partial charge is 0.477 e. The van der Waals surface area contributed by atoms with Crippen LogP contribution in [0.5, 0.6) is 0 Å². The second-order valence-corrected chi connectivity index (χ2v) is 3.03. The van der Waals surface area contributed by atoms with Gasteiger partial charge in [-0.25, -0.2) is 9.78 Å². The standard InChI is InChI=1S/C9H11N3O3/c1-12(5-8(10)13)6-2-3-11-7(4-6)9(14)15/h2-4H,5H2,1H3,(H2,10,13)(H,14,15). The first-order chi connectivity index (χ1) is 7.00. The normalized spacial score (nSPS) is 9.67. The number of primary amides is 1. The highest BCUT2D eigenvalue weighted by molar-refractivity contribution is 5.87. The van der Waals surface area contributed by atoms with E-state index in [-0.39, 0.29) is 12.2 Å². The Morgan fingerprint density at radius 3 is 2.80 bits per heavy atom. The summed E-state index contributed by atoms with van der Waals surface area (Å²) in [4.78, 5) is 26.5. The first-order valence-corrected chi connectivity index (χ1v) is 4.19. The van der Waals surface area contributed by atoms with Crippen molar-refractivity contribution >= 4 is 17.6 Å². The molecule has 0 saturated carbocycles. The van der Waals surface area contributed by atoms with Gasteiger partial charge >= 0.3 is 5.97 Å². The number of aromatic carboxylic acids is 1. The zero-order valence-electron chi connectivity index (χ0n) is 8.17. The average molecular weight is 209 g/mol. The van der Waals surface area contributed by atoms with Crippen LogP contribution in [0.4, 0.5) is 5.69 Å². The van der Waals surface area contributed by atoms with Crippen molar-refractivity contribution in [2.75, 3.05) is 18.5 Å². The van der Waals surface area contributed by atoms with Gasteiger partial charge in [-0.1, -0.05) is 0 Å². The third-order valence-electron chi connectivity index (χ3n) is 1.80. The molecule has 6 nitrogen and oxygen atoms in total. The van der Waals surface area contributed by atoms with Crippen LogP contribution in [0.15, 0.2) is 18.3 Å². The minimum Gasteiger partial charge on any atom is -0.477 e. The van der Waals surface area contributed by atoms with Gasteiger partial charge in [-0.2, -0.15) is 0 Å². The van der Waals surface area contributed by atoms with E-state index >= 15 is 0 Å². The third kappa shape index (κ3) is 2.94. The van der Waals surface area contributed by atoms with Crippen molar-refractivity contribution in [1.29, 1.82) is 0 Å². The molecular formula is C9H11N3O3. The van der Waals surface area contributed by atoms with Crippen molar-refractivity contribution in [2.45, 2.75) is 0 Å². The Labute approximate surface area is 86.3 Å². The zero-order valence-corrected chi connectivity index (χ0v) is 8.17. The Bertz CT molecular complexity index is 392. The minimum absolute atomic E-state index is 0.0308. The van der Waals surface area contributed by atoms with Gasteiger partial charge in [-0.15, -0.1) is 0 Å². The molecule has 1 aromatic rings. The number of likely N-dealkylation sites (N-methyl/N-ethyl adjacent to an activating group) is 1. The van der Waals surface area contributed by atoms with Crippen molar-refractivity contribution in [3.63, 3.8) is 0 Å². The SMILES string of the molecule is CN(CC(N)=O)c1ccnc(C(=O)O)c1. The average Bonchev–Trinajstić information content (AvgIpc) is 2.17. The number of carbonyl (C=O) groups excluding carboxylic acids is 1. The molecule has 0 bridgehead atoms. The van der Waals surface area contributed by atoms with E-state index in [9.17, 15) is 9.59 Å². The molecule has 1 heterocycles. The number of nitrogens with zero attached hydrogens (tertiary/aromatic N) is 2. The highest BCUT2D eigenvalue weighted by Gasteiger charge is 2.08. The highest BCUT2D eigenvalue weighted by atomic mass is 16.4. The van der Waals surface area contributed by atoms with E-state index in [1.54, 1.807) is 18.0 Å². The van der Waals surface area contributed by atoms with Gasteiger partial charge in [-0.3, -0.25) is 4.79 Å². The summed E-state index contributed by atoms with van der Waals surface area (Å²) in [5, 5.41) is 8.70. The Kier molecular flexibility index (Phi) is 3.22. The molecule has 3 N–H and O–H groups in total. The fourth-order valence-corrected chi connectivity index (χ4v) is 1.10. The van der Waals surface area contributed by atoms with E-state index in [1.165, 1.54) is 12.3 Å². The van der Waals surface area contributed by atoms with Gasteiger partial charge in [-0.05, 0) is 12.1 Å². The van der Waals surface area contributed by atoms with Crippen molar-refractivity contribution in [1.82, 2.24) is 4.98 Å².